The minimum absolute atomic E-state index is 0.251. The largest absolute Gasteiger partial charge is 0.368 e. The van der Waals surface area contributed by atoms with Gasteiger partial charge in [0.25, 0.3) is 12.3 Å². The molecule has 0 saturated carbocycles. The second-order valence-corrected chi connectivity index (χ2v) is 3.83. The quantitative estimate of drug-likeness (QED) is 0.869. The summed E-state index contributed by atoms with van der Waals surface area (Å²) >= 11 is 0. The molecule has 94 valence electrons. The molecule has 0 radical (unpaired) electrons. The molecule has 0 aromatic carbocycles. The Kier molecular flexibility index (Phi) is 3.68. The first-order valence-electron chi connectivity index (χ1n) is 5.38. The van der Waals surface area contributed by atoms with Crippen LogP contribution in [0.4, 0.5) is 14.5 Å². The van der Waals surface area contributed by atoms with E-state index in [2.05, 4.69) is 10.4 Å². The van der Waals surface area contributed by atoms with Crippen molar-refractivity contribution >= 4 is 11.6 Å². The first kappa shape index (κ1) is 12.0. The highest BCUT2D eigenvalue weighted by Gasteiger charge is 2.23. The molecule has 1 amide bonds. The standard InChI is InChI=1S/C10H13F2N3O2/c11-9(12)6-15-5-7(4-13-15)14-10(16)8-2-1-3-17-8/h4-5,8-9H,1-3,6H2,(H,14,16). The number of carbonyl (C=O) groups is 1. The van der Waals surface area contributed by atoms with Crippen LogP contribution in [0.15, 0.2) is 12.4 Å². The average molecular weight is 245 g/mol. The number of nitrogens with one attached hydrogen (secondary N) is 1. The minimum atomic E-state index is -2.46. The summed E-state index contributed by atoms with van der Waals surface area (Å²) in [6.07, 6.45) is 1.37. The third kappa shape index (κ3) is 3.23. The number of hydrogen-bond acceptors (Lipinski definition) is 3. The fraction of sp³-hybridized carbons (Fsp3) is 0.600. The highest BCUT2D eigenvalue weighted by molar-refractivity contribution is 5.94. The predicted molar refractivity (Wildman–Crippen MR) is 55.8 cm³/mol. The fourth-order valence-electron chi connectivity index (χ4n) is 1.68. The Morgan fingerprint density at radius 2 is 2.53 bits per heavy atom. The maximum Gasteiger partial charge on any atom is 0.257 e. The minimum Gasteiger partial charge on any atom is -0.368 e. The van der Waals surface area contributed by atoms with Crippen LogP contribution < -0.4 is 5.32 Å². The number of aromatic nitrogens is 2. The van der Waals surface area contributed by atoms with Crippen molar-refractivity contribution in [3.63, 3.8) is 0 Å². The van der Waals surface area contributed by atoms with E-state index >= 15 is 0 Å². The number of anilines is 1. The lowest BCUT2D eigenvalue weighted by Gasteiger charge is -2.08. The molecular formula is C10H13F2N3O2. The van der Waals surface area contributed by atoms with Gasteiger partial charge in [-0.1, -0.05) is 0 Å². The summed E-state index contributed by atoms with van der Waals surface area (Å²) in [6.45, 7) is 0.110. The maximum atomic E-state index is 12.1. The maximum absolute atomic E-state index is 12.1. The lowest BCUT2D eigenvalue weighted by atomic mass is 10.2. The SMILES string of the molecule is O=C(Nc1cnn(CC(F)F)c1)C1CCCO1. The van der Waals surface area contributed by atoms with Gasteiger partial charge in [0, 0.05) is 12.8 Å². The Bertz CT molecular complexity index is 389. The van der Waals surface area contributed by atoms with Crippen molar-refractivity contribution in [2.75, 3.05) is 11.9 Å². The fourth-order valence-corrected chi connectivity index (χ4v) is 1.68. The van der Waals surface area contributed by atoms with E-state index < -0.39 is 19.1 Å². The topological polar surface area (TPSA) is 56.2 Å². The summed E-state index contributed by atoms with van der Waals surface area (Å²) in [5, 5.41) is 6.30. The molecule has 1 unspecified atom stereocenters. The van der Waals surface area contributed by atoms with Crippen molar-refractivity contribution in [1.82, 2.24) is 9.78 Å². The van der Waals surface area contributed by atoms with Crippen LogP contribution in [-0.4, -0.2) is 34.8 Å². The van der Waals surface area contributed by atoms with Crippen LogP contribution in [0.2, 0.25) is 0 Å². The van der Waals surface area contributed by atoms with Gasteiger partial charge in [-0.15, -0.1) is 0 Å². The zero-order valence-corrected chi connectivity index (χ0v) is 9.10. The van der Waals surface area contributed by atoms with Crippen LogP contribution in [-0.2, 0) is 16.1 Å². The normalized spacial score (nSPS) is 19.8. The molecule has 1 fully saturated rings. The van der Waals surface area contributed by atoms with Crippen LogP contribution in [0.1, 0.15) is 12.8 Å². The Labute approximate surface area is 96.7 Å². The van der Waals surface area contributed by atoms with Gasteiger partial charge in [0.2, 0.25) is 0 Å². The van der Waals surface area contributed by atoms with Gasteiger partial charge in [0.05, 0.1) is 11.9 Å². The Morgan fingerprint density at radius 1 is 1.71 bits per heavy atom. The van der Waals surface area contributed by atoms with Gasteiger partial charge in [-0.25, -0.2) is 8.78 Å². The monoisotopic (exact) mass is 245 g/mol. The first-order valence-corrected chi connectivity index (χ1v) is 5.38. The summed E-state index contributed by atoms with van der Waals surface area (Å²) < 4.78 is 30.4. The van der Waals surface area contributed by atoms with Gasteiger partial charge in [0.15, 0.2) is 0 Å². The molecule has 1 aliphatic heterocycles. The van der Waals surface area contributed by atoms with Crippen LogP contribution in [0.3, 0.4) is 0 Å². The number of ether oxygens (including phenoxy) is 1. The second kappa shape index (κ2) is 5.22. The van der Waals surface area contributed by atoms with Crippen molar-refractivity contribution < 1.29 is 18.3 Å². The molecule has 1 N–H and O–H groups in total. The number of alkyl halides is 2. The highest BCUT2D eigenvalue weighted by Crippen LogP contribution is 2.15. The van der Waals surface area contributed by atoms with E-state index in [4.69, 9.17) is 4.74 Å². The van der Waals surface area contributed by atoms with Crippen LogP contribution >= 0.6 is 0 Å². The molecule has 2 heterocycles. The van der Waals surface area contributed by atoms with Gasteiger partial charge in [-0.3, -0.25) is 9.48 Å². The molecule has 5 nitrogen and oxygen atoms in total. The molecule has 7 heteroatoms. The third-order valence-electron chi connectivity index (χ3n) is 2.45. The molecule has 0 spiro atoms. The molecule has 1 atom stereocenters. The van der Waals surface area contributed by atoms with E-state index in [9.17, 15) is 13.6 Å². The molecule has 1 aromatic heterocycles. The zero-order chi connectivity index (χ0) is 12.3. The Balaban J connectivity index is 1.89. The van der Waals surface area contributed by atoms with Gasteiger partial charge >= 0.3 is 0 Å². The molecular weight excluding hydrogens is 232 g/mol. The summed E-state index contributed by atoms with van der Waals surface area (Å²) in [5.74, 6) is -0.251. The van der Waals surface area contributed by atoms with E-state index in [-0.39, 0.29) is 5.91 Å². The van der Waals surface area contributed by atoms with Gasteiger partial charge in [-0.2, -0.15) is 5.10 Å². The summed E-state index contributed by atoms with van der Waals surface area (Å²) in [7, 11) is 0. The van der Waals surface area contributed by atoms with Gasteiger partial charge < -0.3 is 10.1 Å². The zero-order valence-electron chi connectivity index (χ0n) is 9.10. The third-order valence-corrected chi connectivity index (χ3v) is 2.45. The second-order valence-electron chi connectivity index (χ2n) is 3.83. The van der Waals surface area contributed by atoms with Crippen LogP contribution in [0.5, 0.6) is 0 Å². The molecule has 1 aromatic rings. The van der Waals surface area contributed by atoms with Crippen LogP contribution in [0, 0.1) is 0 Å². The van der Waals surface area contributed by atoms with Crippen molar-refractivity contribution in [3.05, 3.63) is 12.4 Å². The number of carbonyl (C=O) groups excluding carboxylic acids is 1. The molecule has 1 saturated heterocycles. The van der Waals surface area contributed by atoms with Crippen molar-refractivity contribution in [2.24, 2.45) is 0 Å². The summed E-state index contributed by atoms with van der Waals surface area (Å²) in [4.78, 5) is 11.6. The van der Waals surface area contributed by atoms with Gasteiger partial charge in [-0.05, 0) is 12.8 Å². The predicted octanol–water partition coefficient (Wildman–Crippen LogP) is 1.27. The number of halogens is 2. The summed E-state index contributed by atoms with van der Waals surface area (Å²) in [6, 6.07) is 0. The van der Waals surface area contributed by atoms with E-state index in [1.165, 1.54) is 12.4 Å². The molecule has 0 bridgehead atoms. The number of rotatable bonds is 4. The Hall–Kier alpha value is -1.50. The van der Waals surface area contributed by atoms with E-state index in [1.54, 1.807) is 0 Å². The summed E-state index contributed by atoms with van der Waals surface area (Å²) in [5.41, 5.74) is 0.408. The molecule has 0 aliphatic carbocycles. The van der Waals surface area contributed by atoms with Crippen molar-refractivity contribution in [1.29, 1.82) is 0 Å². The van der Waals surface area contributed by atoms with Crippen LogP contribution in [0.25, 0.3) is 0 Å². The number of nitrogens with zero attached hydrogens (tertiary/aromatic N) is 2. The number of amides is 1. The number of hydrogen-bond donors (Lipinski definition) is 1. The van der Waals surface area contributed by atoms with E-state index in [0.717, 1.165) is 11.1 Å². The highest BCUT2D eigenvalue weighted by atomic mass is 19.3. The Morgan fingerprint density at radius 3 is 3.18 bits per heavy atom. The lowest BCUT2D eigenvalue weighted by Crippen LogP contribution is -2.26. The smallest absolute Gasteiger partial charge is 0.257 e. The van der Waals surface area contributed by atoms with E-state index in [0.29, 0.717) is 18.7 Å². The van der Waals surface area contributed by atoms with E-state index in [1.807, 2.05) is 0 Å². The molecule has 17 heavy (non-hydrogen) atoms. The van der Waals surface area contributed by atoms with Crippen molar-refractivity contribution in [2.45, 2.75) is 31.9 Å². The molecule has 1 aliphatic rings. The lowest BCUT2D eigenvalue weighted by molar-refractivity contribution is -0.124. The van der Waals surface area contributed by atoms with Crippen molar-refractivity contribution in [3.8, 4) is 0 Å². The average Bonchev–Trinajstić information content (AvgIpc) is 2.87. The molecule has 2 rings (SSSR count). The first-order chi connectivity index (χ1) is 8.15. The van der Waals surface area contributed by atoms with Gasteiger partial charge in [0.1, 0.15) is 12.6 Å².